The smallest absolute Gasteiger partial charge is 0.306 e. The zero-order valence-electron chi connectivity index (χ0n) is 49.9. The summed E-state index contributed by atoms with van der Waals surface area (Å²) in [5.41, 5.74) is 0. The molecular weight excluding hydrogens is 976 g/mol. The summed E-state index contributed by atoms with van der Waals surface area (Å²) >= 11 is 0. The lowest BCUT2D eigenvalue weighted by Crippen LogP contribution is -2.47. The molecule has 0 saturated carbocycles. The van der Waals surface area contributed by atoms with Gasteiger partial charge >= 0.3 is 5.97 Å². The Balaban J connectivity index is 5.37. The number of likely N-dealkylation sites (N-methyl/N-ethyl adjacent to an activating group) is 1. The van der Waals surface area contributed by atoms with Gasteiger partial charge in [-0.3, -0.25) is 14.2 Å². The Morgan fingerprint density at radius 3 is 1.30 bits per heavy atom. The Bertz CT molecular complexity index is 1780. The highest BCUT2D eigenvalue weighted by molar-refractivity contribution is 7.45. The van der Waals surface area contributed by atoms with Crippen LogP contribution < -0.4 is 10.2 Å². The molecule has 0 radical (unpaired) electrons. The van der Waals surface area contributed by atoms with E-state index >= 15 is 0 Å². The van der Waals surface area contributed by atoms with Crippen LogP contribution in [-0.4, -0.2) is 69.4 Å². The van der Waals surface area contributed by atoms with Gasteiger partial charge < -0.3 is 28.5 Å². The minimum atomic E-state index is -4.73. The number of hydrogen-bond donors (Lipinski definition) is 1. The van der Waals surface area contributed by atoms with E-state index in [2.05, 4.69) is 148 Å². The molecule has 9 nitrogen and oxygen atoms in total. The van der Waals surface area contributed by atoms with Crippen LogP contribution >= 0.6 is 7.82 Å². The fourth-order valence-electron chi connectivity index (χ4n) is 7.87. The van der Waals surface area contributed by atoms with Crippen molar-refractivity contribution in [1.82, 2.24) is 5.32 Å². The van der Waals surface area contributed by atoms with Crippen LogP contribution in [0.5, 0.6) is 0 Å². The van der Waals surface area contributed by atoms with Crippen molar-refractivity contribution in [1.29, 1.82) is 0 Å². The lowest BCUT2D eigenvalue weighted by Gasteiger charge is -2.30. The Morgan fingerprint density at radius 2 is 0.844 bits per heavy atom. The molecule has 0 bridgehead atoms. The molecule has 1 N–H and O–H groups in total. The second-order valence-corrected chi connectivity index (χ2v) is 22.5. The van der Waals surface area contributed by atoms with Gasteiger partial charge in [0.2, 0.25) is 5.91 Å². The maximum absolute atomic E-state index is 13.5. The first-order valence-corrected chi connectivity index (χ1v) is 32.0. The lowest BCUT2D eigenvalue weighted by molar-refractivity contribution is -0.870. The SMILES string of the molecule is CC/C=C\C/C=C\C/C=C\C/C=C\C/C=C\C/C=C\CCCCCCC(=O)OC(/C=C\CCCCCCCCCCC)C(COP(=O)([O-])OCC[N+](C)(C)C)NC(=O)CCC/C=C\C/C=C\C/C=C\C/C=C\CCCCC. The highest BCUT2D eigenvalue weighted by atomic mass is 31.2. The molecule has 0 fully saturated rings. The topological polar surface area (TPSA) is 114 Å². The summed E-state index contributed by atoms with van der Waals surface area (Å²) in [5.74, 6) is -0.648. The van der Waals surface area contributed by atoms with Crippen molar-refractivity contribution >= 4 is 19.7 Å². The number of nitrogens with zero attached hydrogens (tertiary/aromatic N) is 1. The Hall–Kier alpha value is -3.85. The zero-order chi connectivity index (χ0) is 56.4. The van der Waals surface area contributed by atoms with Crippen LogP contribution in [0.3, 0.4) is 0 Å². The largest absolute Gasteiger partial charge is 0.756 e. The Labute approximate surface area is 473 Å². The van der Waals surface area contributed by atoms with E-state index in [0.717, 1.165) is 116 Å². The number of allylic oxidation sites excluding steroid dienone is 21. The summed E-state index contributed by atoms with van der Waals surface area (Å²) < 4.78 is 30.2. The standard InChI is InChI=1S/C67H113N2O7P/c1-7-10-13-16-19-22-25-27-29-31-32-33-34-35-36-38-40-42-45-48-51-54-57-60-67(71)76-65(58-55-52-49-46-43-24-21-18-15-12-9-3)64(63-75-77(72,73)74-62-61-69(4,5)6)68-66(70)59-56-53-50-47-44-41-39-37-30-28-26-23-20-17-14-11-8-2/h10,13,19-20,22-23,27-30,32-33,35-36,39-42,47,50,55,58,64-65H,7-9,11-12,14-18,21,24-26,31,34,37-38,43-46,48-49,51-54,56-57,59-63H2,1-6H3,(H-,68,70,72,73)/b13-10-,22-19-,23-20-,29-27-,30-28-,33-32-,36-35-,41-39-,42-40-,50-47-,58-55-. The van der Waals surface area contributed by atoms with E-state index in [-0.39, 0.29) is 31.3 Å². The molecule has 0 aromatic heterocycles. The highest BCUT2D eigenvalue weighted by Gasteiger charge is 2.27. The summed E-state index contributed by atoms with van der Waals surface area (Å²) in [6.45, 7) is 6.61. The van der Waals surface area contributed by atoms with E-state index < -0.39 is 26.6 Å². The van der Waals surface area contributed by atoms with E-state index in [0.29, 0.717) is 23.9 Å². The molecule has 0 spiro atoms. The van der Waals surface area contributed by atoms with E-state index in [1.807, 2.05) is 27.2 Å². The first-order chi connectivity index (χ1) is 37.4. The summed E-state index contributed by atoms with van der Waals surface area (Å²) in [6, 6.07) is -0.937. The van der Waals surface area contributed by atoms with E-state index in [1.165, 1.54) is 64.2 Å². The fraction of sp³-hybridized carbons (Fsp3) is 0.642. The monoisotopic (exact) mass is 1090 g/mol. The number of phosphoric acid groups is 1. The van der Waals surface area contributed by atoms with Gasteiger partial charge in [-0.15, -0.1) is 0 Å². The maximum Gasteiger partial charge on any atom is 0.306 e. The van der Waals surface area contributed by atoms with E-state index in [1.54, 1.807) is 6.08 Å². The molecule has 10 heteroatoms. The van der Waals surface area contributed by atoms with Gasteiger partial charge in [0.15, 0.2) is 0 Å². The van der Waals surface area contributed by atoms with Crippen LogP contribution in [0.2, 0.25) is 0 Å². The predicted octanol–water partition coefficient (Wildman–Crippen LogP) is 18.3. The number of carbonyl (C=O) groups excluding carboxylic acids is 2. The quantitative estimate of drug-likeness (QED) is 0.0212. The average molecular weight is 1090 g/mol. The molecule has 0 rings (SSSR count). The third kappa shape index (κ3) is 56.7. The summed E-state index contributed by atoms with van der Waals surface area (Å²) in [5, 5.41) is 2.98. The number of rotatable bonds is 53. The molecule has 77 heavy (non-hydrogen) atoms. The molecule has 0 heterocycles. The molecule has 0 aromatic carbocycles. The second-order valence-electron chi connectivity index (χ2n) is 21.1. The Morgan fingerprint density at radius 1 is 0.468 bits per heavy atom. The lowest BCUT2D eigenvalue weighted by atomic mass is 10.1. The van der Waals surface area contributed by atoms with Gasteiger partial charge in [0.1, 0.15) is 19.3 Å². The summed E-state index contributed by atoms with van der Waals surface area (Å²) in [6.07, 6.45) is 78.6. The molecule has 0 saturated heterocycles. The van der Waals surface area contributed by atoms with Gasteiger partial charge in [-0.2, -0.15) is 0 Å². The van der Waals surface area contributed by atoms with Crippen molar-refractivity contribution in [3.05, 3.63) is 134 Å². The molecule has 0 aliphatic rings. The van der Waals surface area contributed by atoms with Crippen LogP contribution in [0.4, 0.5) is 0 Å². The zero-order valence-corrected chi connectivity index (χ0v) is 50.8. The van der Waals surface area contributed by atoms with Gasteiger partial charge in [0.25, 0.3) is 7.82 Å². The minimum absolute atomic E-state index is 0.0444. The van der Waals surface area contributed by atoms with Crippen molar-refractivity contribution in [2.75, 3.05) is 40.9 Å². The van der Waals surface area contributed by atoms with E-state index in [9.17, 15) is 19.0 Å². The number of esters is 1. The second kappa shape index (κ2) is 55.5. The molecule has 0 aliphatic heterocycles. The minimum Gasteiger partial charge on any atom is -0.756 e. The van der Waals surface area contributed by atoms with Crippen LogP contribution in [0.1, 0.15) is 226 Å². The van der Waals surface area contributed by atoms with Crippen LogP contribution in [0, 0.1) is 0 Å². The predicted molar refractivity (Wildman–Crippen MR) is 330 cm³/mol. The third-order valence-electron chi connectivity index (χ3n) is 12.6. The molecule has 1 amide bonds. The molecular formula is C67H113N2O7P. The van der Waals surface area contributed by atoms with Gasteiger partial charge in [-0.25, -0.2) is 0 Å². The maximum atomic E-state index is 13.5. The number of nitrogens with one attached hydrogen (secondary N) is 1. The molecule has 438 valence electrons. The van der Waals surface area contributed by atoms with Crippen molar-refractivity contribution in [3.63, 3.8) is 0 Å². The van der Waals surface area contributed by atoms with Crippen molar-refractivity contribution in [3.8, 4) is 0 Å². The van der Waals surface area contributed by atoms with Gasteiger partial charge in [0, 0.05) is 12.8 Å². The fourth-order valence-corrected chi connectivity index (χ4v) is 8.59. The number of carbonyl (C=O) groups is 2. The first-order valence-electron chi connectivity index (χ1n) is 30.5. The average Bonchev–Trinajstić information content (AvgIpc) is 3.39. The number of ether oxygens (including phenoxy) is 1. The number of phosphoric ester groups is 1. The summed E-state index contributed by atoms with van der Waals surface area (Å²) in [4.78, 5) is 39.9. The molecule has 0 aliphatic carbocycles. The van der Waals surface area contributed by atoms with Gasteiger partial charge in [0.05, 0.1) is 33.8 Å². The van der Waals surface area contributed by atoms with Crippen LogP contribution in [0.25, 0.3) is 0 Å². The van der Waals surface area contributed by atoms with Crippen LogP contribution in [-0.2, 0) is 27.9 Å². The molecule has 3 unspecified atom stereocenters. The third-order valence-corrected chi connectivity index (χ3v) is 13.5. The number of unbranched alkanes of at least 4 members (excludes halogenated alkanes) is 17. The van der Waals surface area contributed by atoms with Crippen molar-refractivity contribution in [2.24, 2.45) is 0 Å². The molecule has 0 aromatic rings. The van der Waals surface area contributed by atoms with Crippen molar-refractivity contribution in [2.45, 2.75) is 238 Å². The van der Waals surface area contributed by atoms with Gasteiger partial charge in [-0.05, 0) is 122 Å². The van der Waals surface area contributed by atoms with Crippen LogP contribution in [0.15, 0.2) is 134 Å². The first kappa shape index (κ1) is 73.2. The van der Waals surface area contributed by atoms with E-state index in [4.69, 9.17) is 13.8 Å². The molecule has 3 atom stereocenters. The number of quaternary nitrogens is 1. The highest BCUT2D eigenvalue weighted by Crippen LogP contribution is 2.38. The van der Waals surface area contributed by atoms with Crippen molar-refractivity contribution < 1.29 is 37.3 Å². The number of hydrogen-bond acceptors (Lipinski definition) is 7. The normalized spacial score (nSPS) is 14.6. The summed E-state index contributed by atoms with van der Waals surface area (Å²) in [7, 11) is 1.11. The number of amides is 1. The van der Waals surface area contributed by atoms with Gasteiger partial charge in [-0.1, -0.05) is 225 Å². The Kier molecular flexibility index (Phi) is 52.7.